The lowest BCUT2D eigenvalue weighted by Crippen LogP contribution is -2.33. The average molecular weight is 395 g/mol. The number of carbonyl (C=O) groups is 1. The summed E-state index contributed by atoms with van der Waals surface area (Å²) in [5.41, 5.74) is 2.58. The van der Waals surface area contributed by atoms with Gasteiger partial charge in [-0.3, -0.25) is 4.79 Å². The van der Waals surface area contributed by atoms with Crippen LogP contribution in [0.4, 0.5) is 0 Å². The molecule has 0 spiro atoms. The van der Waals surface area contributed by atoms with E-state index >= 15 is 0 Å². The van der Waals surface area contributed by atoms with Crippen molar-refractivity contribution in [3.05, 3.63) is 60.3 Å². The SMILES string of the molecule is CCN(CCO)C(=O)c1cn(-c2ccccc2)nc1-c1ccc(OC)c(OC)c1. The maximum absolute atomic E-state index is 13.2. The molecule has 29 heavy (non-hydrogen) atoms. The zero-order chi connectivity index (χ0) is 20.8. The van der Waals surface area contributed by atoms with E-state index in [1.165, 1.54) is 0 Å². The summed E-state index contributed by atoms with van der Waals surface area (Å²) >= 11 is 0. The van der Waals surface area contributed by atoms with Gasteiger partial charge in [-0.2, -0.15) is 5.10 Å². The zero-order valence-corrected chi connectivity index (χ0v) is 16.8. The topological polar surface area (TPSA) is 76.8 Å². The first-order valence-corrected chi connectivity index (χ1v) is 9.40. The van der Waals surface area contributed by atoms with E-state index in [1.54, 1.807) is 42.1 Å². The number of carbonyl (C=O) groups excluding carboxylic acids is 1. The van der Waals surface area contributed by atoms with Crippen molar-refractivity contribution in [1.29, 1.82) is 0 Å². The third-order valence-corrected chi connectivity index (χ3v) is 4.66. The highest BCUT2D eigenvalue weighted by Crippen LogP contribution is 2.33. The molecular formula is C22H25N3O4. The molecule has 3 rings (SSSR count). The maximum Gasteiger partial charge on any atom is 0.257 e. The van der Waals surface area contributed by atoms with E-state index in [1.807, 2.05) is 43.3 Å². The van der Waals surface area contributed by atoms with Gasteiger partial charge in [0, 0.05) is 24.8 Å². The van der Waals surface area contributed by atoms with Gasteiger partial charge in [-0.15, -0.1) is 0 Å². The lowest BCUT2D eigenvalue weighted by atomic mass is 10.1. The summed E-state index contributed by atoms with van der Waals surface area (Å²) in [7, 11) is 3.14. The predicted octanol–water partition coefficient (Wildman–Crippen LogP) is 3.01. The van der Waals surface area contributed by atoms with Crippen LogP contribution >= 0.6 is 0 Å². The number of hydrogen-bond acceptors (Lipinski definition) is 5. The van der Waals surface area contributed by atoms with Crippen molar-refractivity contribution in [3.63, 3.8) is 0 Å². The van der Waals surface area contributed by atoms with Gasteiger partial charge in [0.15, 0.2) is 11.5 Å². The van der Waals surface area contributed by atoms with Crippen LogP contribution in [0.5, 0.6) is 11.5 Å². The van der Waals surface area contributed by atoms with E-state index in [4.69, 9.17) is 9.47 Å². The predicted molar refractivity (Wildman–Crippen MR) is 111 cm³/mol. The molecule has 152 valence electrons. The minimum atomic E-state index is -0.187. The molecule has 0 aliphatic rings. The highest BCUT2D eigenvalue weighted by atomic mass is 16.5. The normalized spacial score (nSPS) is 10.6. The Bertz CT molecular complexity index is 969. The monoisotopic (exact) mass is 395 g/mol. The summed E-state index contributed by atoms with van der Waals surface area (Å²) in [5, 5.41) is 14.0. The standard InChI is InChI=1S/C22H25N3O4/c1-4-24(12-13-26)22(27)18-15-25(17-8-6-5-7-9-17)23-21(18)16-10-11-19(28-2)20(14-16)29-3/h5-11,14-15,26H,4,12-13H2,1-3H3. The summed E-state index contributed by atoms with van der Waals surface area (Å²) in [6.45, 7) is 2.53. The number of ether oxygens (including phenoxy) is 2. The number of aliphatic hydroxyl groups is 1. The Morgan fingerprint density at radius 2 is 1.83 bits per heavy atom. The maximum atomic E-state index is 13.2. The molecule has 0 saturated heterocycles. The molecule has 1 N–H and O–H groups in total. The molecule has 0 aliphatic carbocycles. The largest absolute Gasteiger partial charge is 0.493 e. The second-order valence-corrected chi connectivity index (χ2v) is 6.35. The molecule has 7 heteroatoms. The first kappa shape index (κ1) is 20.4. The van der Waals surface area contributed by atoms with Gasteiger partial charge < -0.3 is 19.5 Å². The number of rotatable bonds is 8. The van der Waals surface area contributed by atoms with Crippen molar-refractivity contribution in [2.75, 3.05) is 33.9 Å². The number of methoxy groups -OCH3 is 2. The third-order valence-electron chi connectivity index (χ3n) is 4.66. The fourth-order valence-electron chi connectivity index (χ4n) is 3.13. The van der Waals surface area contributed by atoms with Crippen molar-refractivity contribution in [3.8, 4) is 28.4 Å². The van der Waals surface area contributed by atoms with Crippen LogP contribution < -0.4 is 9.47 Å². The van der Waals surface area contributed by atoms with Crippen molar-refractivity contribution in [1.82, 2.24) is 14.7 Å². The fourth-order valence-corrected chi connectivity index (χ4v) is 3.13. The molecule has 1 amide bonds. The van der Waals surface area contributed by atoms with Gasteiger partial charge in [0.1, 0.15) is 5.69 Å². The van der Waals surface area contributed by atoms with Crippen molar-refractivity contribution in [2.24, 2.45) is 0 Å². The van der Waals surface area contributed by atoms with Crippen molar-refractivity contribution >= 4 is 5.91 Å². The molecule has 0 bridgehead atoms. The van der Waals surface area contributed by atoms with Crippen LogP contribution in [0.2, 0.25) is 0 Å². The van der Waals surface area contributed by atoms with E-state index in [0.29, 0.717) is 29.3 Å². The lowest BCUT2D eigenvalue weighted by Gasteiger charge is -2.19. The van der Waals surface area contributed by atoms with E-state index in [0.717, 1.165) is 11.3 Å². The number of hydrogen-bond donors (Lipinski definition) is 1. The quantitative estimate of drug-likeness (QED) is 0.634. The number of benzene rings is 2. The highest BCUT2D eigenvalue weighted by molar-refractivity contribution is 6.00. The van der Waals surface area contributed by atoms with Gasteiger partial charge in [0.2, 0.25) is 0 Å². The third kappa shape index (κ3) is 4.25. The summed E-state index contributed by atoms with van der Waals surface area (Å²) in [6, 6.07) is 15.0. The second kappa shape index (κ2) is 9.25. The van der Waals surface area contributed by atoms with E-state index in [2.05, 4.69) is 5.10 Å². The number of amides is 1. The minimum Gasteiger partial charge on any atom is -0.493 e. The van der Waals surface area contributed by atoms with Gasteiger partial charge in [0.25, 0.3) is 5.91 Å². The Morgan fingerprint density at radius 3 is 2.45 bits per heavy atom. The summed E-state index contributed by atoms with van der Waals surface area (Å²) in [4.78, 5) is 14.8. The first-order chi connectivity index (χ1) is 14.1. The van der Waals surface area contributed by atoms with Crippen LogP contribution in [-0.2, 0) is 0 Å². The Labute approximate surface area is 170 Å². The molecule has 1 aromatic heterocycles. The van der Waals surface area contributed by atoms with Crippen molar-refractivity contribution in [2.45, 2.75) is 6.92 Å². The van der Waals surface area contributed by atoms with Gasteiger partial charge in [0.05, 0.1) is 32.1 Å². The second-order valence-electron chi connectivity index (χ2n) is 6.35. The molecule has 3 aromatic rings. The van der Waals surface area contributed by atoms with E-state index in [9.17, 15) is 9.90 Å². The Balaban J connectivity index is 2.14. The highest BCUT2D eigenvalue weighted by Gasteiger charge is 2.23. The van der Waals surface area contributed by atoms with Crippen LogP contribution in [0.25, 0.3) is 16.9 Å². The zero-order valence-electron chi connectivity index (χ0n) is 16.8. The molecule has 0 aliphatic heterocycles. The Kier molecular flexibility index (Phi) is 6.51. The molecule has 0 unspecified atom stereocenters. The smallest absolute Gasteiger partial charge is 0.257 e. The average Bonchev–Trinajstić information content (AvgIpc) is 3.22. The lowest BCUT2D eigenvalue weighted by molar-refractivity contribution is 0.0732. The van der Waals surface area contributed by atoms with Crippen LogP contribution in [0.15, 0.2) is 54.7 Å². The molecular weight excluding hydrogens is 370 g/mol. The number of para-hydroxylation sites is 1. The van der Waals surface area contributed by atoms with E-state index < -0.39 is 0 Å². The molecule has 0 saturated carbocycles. The number of aromatic nitrogens is 2. The molecule has 7 nitrogen and oxygen atoms in total. The summed E-state index contributed by atoms with van der Waals surface area (Å²) in [6.07, 6.45) is 1.73. The molecule has 0 radical (unpaired) electrons. The Morgan fingerprint density at radius 1 is 1.10 bits per heavy atom. The van der Waals surface area contributed by atoms with Gasteiger partial charge >= 0.3 is 0 Å². The molecule has 2 aromatic carbocycles. The van der Waals surface area contributed by atoms with Gasteiger partial charge in [-0.1, -0.05) is 18.2 Å². The molecule has 0 atom stereocenters. The molecule has 0 fully saturated rings. The Hall–Kier alpha value is -3.32. The summed E-state index contributed by atoms with van der Waals surface area (Å²) in [5.74, 6) is 0.968. The van der Waals surface area contributed by atoms with Crippen LogP contribution in [0.3, 0.4) is 0 Å². The number of nitrogens with zero attached hydrogens (tertiary/aromatic N) is 3. The van der Waals surface area contributed by atoms with Gasteiger partial charge in [-0.25, -0.2) is 4.68 Å². The van der Waals surface area contributed by atoms with Crippen LogP contribution in [0, 0.1) is 0 Å². The fraction of sp³-hybridized carbons (Fsp3) is 0.273. The van der Waals surface area contributed by atoms with Crippen LogP contribution in [0.1, 0.15) is 17.3 Å². The van der Waals surface area contributed by atoms with Crippen LogP contribution in [-0.4, -0.2) is 59.6 Å². The van der Waals surface area contributed by atoms with Gasteiger partial charge in [-0.05, 0) is 37.3 Å². The minimum absolute atomic E-state index is 0.0991. The number of likely N-dealkylation sites (N-methyl/N-ethyl adjacent to an activating group) is 1. The number of aliphatic hydroxyl groups excluding tert-OH is 1. The van der Waals surface area contributed by atoms with E-state index in [-0.39, 0.29) is 19.1 Å². The summed E-state index contributed by atoms with van der Waals surface area (Å²) < 4.78 is 12.4. The van der Waals surface area contributed by atoms with Crippen molar-refractivity contribution < 1.29 is 19.4 Å². The molecule has 1 heterocycles. The first-order valence-electron chi connectivity index (χ1n) is 9.40.